The molecule has 0 aliphatic carbocycles. The molecule has 0 fully saturated rings. The van der Waals surface area contributed by atoms with Crippen molar-refractivity contribution in [2.75, 3.05) is 6.61 Å². The Morgan fingerprint density at radius 2 is 2.10 bits per heavy atom. The Morgan fingerprint density at radius 1 is 1.33 bits per heavy atom. The third-order valence-corrected chi connectivity index (χ3v) is 3.82. The van der Waals surface area contributed by atoms with Gasteiger partial charge < -0.3 is 10.4 Å². The van der Waals surface area contributed by atoms with Crippen molar-refractivity contribution in [1.29, 1.82) is 0 Å². The van der Waals surface area contributed by atoms with E-state index in [9.17, 15) is 4.79 Å². The van der Waals surface area contributed by atoms with E-state index < -0.39 is 0 Å². The average molecular weight is 299 g/mol. The minimum absolute atomic E-state index is 0.0827. The van der Waals surface area contributed by atoms with Gasteiger partial charge in [0.05, 0.1) is 0 Å². The van der Waals surface area contributed by atoms with Crippen LogP contribution >= 0.6 is 11.3 Å². The fraction of sp³-hybridized carbons (Fsp3) is 0.235. The van der Waals surface area contributed by atoms with Crippen molar-refractivity contribution in [3.63, 3.8) is 0 Å². The van der Waals surface area contributed by atoms with Crippen LogP contribution in [0.3, 0.4) is 0 Å². The summed E-state index contributed by atoms with van der Waals surface area (Å²) in [5.41, 5.74) is 1.40. The molecule has 2 rings (SSSR count). The molecule has 1 unspecified atom stereocenters. The Morgan fingerprint density at radius 3 is 2.71 bits per heavy atom. The number of carbonyl (C=O) groups is 1. The minimum atomic E-state index is -0.164. The Labute approximate surface area is 128 Å². The van der Waals surface area contributed by atoms with E-state index in [4.69, 9.17) is 5.11 Å². The van der Waals surface area contributed by atoms with Crippen LogP contribution in [0.25, 0.3) is 0 Å². The number of aliphatic hydroxyl groups is 1. The first kappa shape index (κ1) is 15.3. The number of carbonyl (C=O) groups excluding carboxylic acids is 1. The van der Waals surface area contributed by atoms with Crippen LogP contribution in [-0.2, 0) is 6.42 Å². The first-order chi connectivity index (χ1) is 10.2. The van der Waals surface area contributed by atoms with Gasteiger partial charge in [0.1, 0.15) is 6.61 Å². The maximum absolute atomic E-state index is 12.1. The molecule has 0 bridgehead atoms. The molecule has 108 valence electrons. The van der Waals surface area contributed by atoms with E-state index >= 15 is 0 Å². The molecule has 1 heterocycles. The molecule has 1 aromatic carbocycles. The van der Waals surface area contributed by atoms with Gasteiger partial charge in [-0.05, 0) is 42.6 Å². The lowest BCUT2D eigenvalue weighted by atomic mass is 10.1. The molecule has 0 saturated heterocycles. The Hall–Kier alpha value is -2.09. The van der Waals surface area contributed by atoms with Gasteiger partial charge in [-0.2, -0.15) is 0 Å². The molecule has 0 aliphatic rings. The lowest BCUT2D eigenvalue weighted by Crippen LogP contribution is -2.33. The van der Waals surface area contributed by atoms with Gasteiger partial charge in [-0.25, -0.2) is 0 Å². The Bertz CT molecular complexity index is 636. The number of rotatable bonds is 4. The first-order valence-electron chi connectivity index (χ1n) is 6.72. The topological polar surface area (TPSA) is 49.3 Å². The lowest BCUT2D eigenvalue weighted by molar-refractivity contribution is 0.0940. The summed E-state index contributed by atoms with van der Waals surface area (Å²) in [6, 6.07) is 11.2. The molecule has 0 saturated carbocycles. The highest BCUT2D eigenvalue weighted by molar-refractivity contribution is 7.09. The van der Waals surface area contributed by atoms with Gasteiger partial charge >= 0.3 is 0 Å². The summed E-state index contributed by atoms with van der Waals surface area (Å²) < 4.78 is 0. The normalized spacial score (nSPS) is 11.3. The smallest absolute Gasteiger partial charge is 0.251 e. The van der Waals surface area contributed by atoms with Crippen LogP contribution in [-0.4, -0.2) is 23.7 Å². The van der Waals surface area contributed by atoms with Gasteiger partial charge in [-0.15, -0.1) is 11.3 Å². The third-order valence-electron chi connectivity index (χ3n) is 2.92. The number of benzene rings is 1. The molecule has 2 N–H and O–H groups in total. The minimum Gasteiger partial charge on any atom is -0.384 e. The molecule has 2 aromatic rings. The molecule has 1 atom stereocenters. The van der Waals surface area contributed by atoms with Crippen LogP contribution < -0.4 is 5.32 Å². The van der Waals surface area contributed by atoms with Crippen LogP contribution in [0, 0.1) is 11.8 Å². The predicted octanol–water partition coefficient (Wildman–Crippen LogP) is 2.45. The van der Waals surface area contributed by atoms with E-state index in [1.807, 2.05) is 18.4 Å². The van der Waals surface area contributed by atoms with Crippen LogP contribution in [0.1, 0.15) is 27.7 Å². The van der Waals surface area contributed by atoms with Gasteiger partial charge in [0.15, 0.2) is 0 Å². The van der Waals surface area contributed by atoms with Crippen molar-refractivity contribution in [3.05, 3.63) is 57.8 Å². The second-order valence-corrected chi connectivity index (χ2v) is 5.73. The highest BCUT2D eigenvalue weighted by Gasteiger charge is 2.10. The van der Waals surface area contributed by atoms with Crippen LogP contribution in [0.4, 0.5) is 0 Å². The number of hydrogen-bond donors (Lipinski definition) is 2. The largest absolute Gasteiger partial charge is 0.384 e. The second-order valence-electron chi connectivity index (χ2n) is 4.70. The zero-order chi connectivity index (χ0) is 15.1. The number of aliphatic hydroxyl groups excluding tert-OH is 1. The summed E-state index contributed by atoms with van der Waals surface area (Å²) in [6.07, 6.45) is 0.837. The molecular formula is C17H17NO2S. The quantitative estimate of drug-likeness (QED) is 0.852. The Balaban J connectivity index is 1.93. The molecule has 0 aliphatic heterocycles. The van der Waals surface area contributed by atoms with Gasteiger partial charge in [0, 0.05) is 28.5 Å². The van der Waals surface area contributed by atoms with E-state index in [1.54, 1.807) is 35.6 Å². The average Bonchev–Trinajstić information content (AvgIpc) is 2.98. The number of thiophene rings is 1. The highest BCUT2D eigenvalue weighted by Crippen LogP contribution is 2.11. The molecular weight excluding hydrogens is 282 g/mol. The van der Waals surface area contributed by atoms with Crippen molar-refractivity contribution in [2.24, 2.45) is 0 Å². The summed E-state index contributed by atoms with van der Waals surface area (Å²) in [6.45, 7) is 1.83. The first-order valence-corrected chi connectivity index (χ1v) is 7.60. The van der Waals surface area contributed by atoms with Gasteiger partial charge in [0.25, 0.3) is 5.91 Å². The van der Waals surface area contributed by atoms with Crippen molar-refractivity contribution in [1.82, 2.24) is 5.32 Å². The van der Waals surface area contributed by atoms with Crippen LogP contribution in [0.15, 0.2) is 41.8 Å². The van der Waals surface area contributed by atoms with Crippen molar-refractivity contribution < 1.29 is 9.90 Å². The van der Waals surface area contributed by atoms with E-state index in [0.29, 0.717) is 5.56 Å². The van der Waals surface area contributed by atoms with Gasteiger partial charge in [-0.1, -0.05) is 17.9 Å². The molecule has 21 heavy (non-hydrogen) atoms. The van der Waals surface area contributed by atoms with E-state index in [2.05, 4.69) is 23.2 Å². The van der Waals surface area contributed by atoms with Crippen molar-refractivity contribution >= 4 is 17.2 Å². The van der Waals surface area contributed by atoms with Gasteiger partial charge in [-0.3, -0.25) is 4.79 Å². The number of hydrogen-bond acceptors (Lipinski definition) is 3. The summed E-state index contributed by atoms with van der Waals surface area (Å²) in [5, 5.41) is 13.7. The molecule has 0 radical (unpaired) electrons. The Kier molecular flexibility index (Phi) is 5.56. The standard InChI is InChI=1S/C17H17NO2S/c1-13(12-16-5-3-11-21-16)18-17(20)15-8-6-14(7-9-15)4-2-10-19/h3,5-9,11,13,19H,10,12H2,1H3,(H,18,20). The molecule has 4 heteroatoms. The predicted molar refractivity (Wildman–Crippen MR) is 85.4 cm³/mol. The third kappa shape index (κ3) is 4.75. The zero-order valence-electron chi connectivity index (χ0n) is 11.8. The van der Waals surface area contributed by atoms with Crippen molar-refractivity contribution in [3.8, 4) is 11.8 Å². The summed E-state index contributed by atoms with van der Waals surface area (Å²) in [5.74, 6) is 5.29. The SMILES string of the molecule is CC(Cc1cccs1)NC(=O)c1ccc(C#CCO)cc1. The number of nitrogens with one attached hydrogen (secondary N) is 1. The number of amides is 1. The molecule has 3 nitrogen and oxygen atoms in total. The van der Waals surface area contributed by atoms with E-state index in [0.717, 1.165) is 12.0 Å². The van der Waals surface area contributed by atoms with Gasteiger partial charge in [0.2, 0.25) is 0 Å². The zero-order valence-corrected chi connectivity index (χ0v) is 12.6. The maximum atomic E-state index is 12.1. The van der Waals surface area contributed by atoms with Crippen LogP contribution in [0.5, 0.6) is 0 Å². The van der Waals surface area contributed by atoms with E-state index in [-0.39, 0.29) is 18.6 Å². The fourth-order valence-corrected chi connectivity index (χ4v) is 2.77. The second kappa shape index (κ2) is 7.63. The maximum Gasteiger partial charge on any atom is 0.251 e. The van der Waals surface area contributed by atoms with E-state index in [1.165, 1.54) is 4.88 Å². The summed E-state index contributed by atoms with van der Waals surface area (Å²) >= 11 is 1.70. The lowest BCUT2D eigenvalue weighted by Gasteiger charge is -2.13. The fourth-order valence-electron chi connectivity index (χ4n) is 1.94. The molecule has 1 aromatic heterocycles. The summed E-state index contributed by atoms with van der Waals surface area (Å²) in [7, 11) is 0. The molecule has 0 spiro atoms. The highest BCUT2D eigenvalue weighted by atomic mass is 32.1. The summed E-state index contributed by atoms with van der Waals surface area (Å²) in [4.78, 5) is 13.4. The van der Waals surface area contributed by atoms with Crippen molar-refractivity contribution in [2.45, 2.75) is 19.4 Å². The van der Waals surface area contributed by atoms with Crippen LogP contribution in [0.2, 0.25) is 0 Å². The molecule has 1 amide bonds. The monoisotopic (exact) mass is 299 g/mol.